The van der Waals surface area contributed by atoms with Gasteiger partial charge < -0.3 is 9.64 Å². The number of unbranched alkanes of at least 4 members (excludes halogenated alkanes) is 3. The fourth-order valence-corrected chi connectivity index (χ4v) is 3.85. The average Bonchev–Trinajstić information content (AvgIpc) is 2.75. The highest BCUT2D eigenvalue weighted by atomic mass is 32.2. The molecular formula is C23H31F2N3O3S. The number of benzene rings is 2. The van der Waals surface area contributed by atoms with Gasteiger partial charge in [0.05, 0.1) is 12.3 Å². The zero-order valence-electron chi connectivity index (χ0n) is 18.3. The molecule has 0 radical (unpaired) electrons. The molecule has 2 rings (SSSR count). The quantitative estimate of drug-likeness (QED) is 0.300. The number of hydrogen-bond donors (Lipinski definition) is 2. The third-order valence-electron chi connectivity index (χ3n) is 4.71. The average molecular weight is 468 g/mol. The second kappa shape index (κ2) is 13.1. The lowest BCUT2D eigenvalue weighted by Gasteiger charge is -2.13. The van der Waals surface area contributed by atoms with Gasteiger partial charge in [-0.2, -0.15) is 13.1 Å². The summed E-state index contributed by atoms with van der Waals surface area (Å²) >= 11 is 0. The Kier molecular flexibility index (Phi) is 10.6. The van der Waals surface area contributed by atoms with Gasteiger partial charge in [-0.1, -0.05) is 31.1 Å². The lowest BCUT2D eigenvalue weighted by atomic mass is 10.2. The van der Waals surface area contributed by atoms with E-state index in [2.05, 4.69) is 23.2 Å². The highest BCUT2D eigenvalue weighted by Gasteiger charge is 2.13. The topological polar surface area (TPSA) is 70.7 Å². The maximum atomic E-state index is 13.6. The van der Waals surface area contributed by atoms with Crippen LogP contribution in [0.25, 0.3) is 0 Å². The molecule has 0 heterocycles. The molecule has 0 aromatic heterocycles. The number of nitrogens with zero attached hydrogens (tertiary/aromatic N) is 1. The van der Waals surface area contributed by atoms with Gasteiger partial charge in [-0.25, -0.2) is 8.78 Å². The molecule has 9 heteroatoms. The molecule has 2 aromatic carbocycles. The van der Waals surface area contributed by atoms with E-state index in [1.165, 1.54) is 0 Å². The first-order chi connectivity index (χ1) is 15.3. The molecule has 176 valence electrons. The minimum Gasteiger partial charge on any atom is -0.494 e. The Morgan fingerprint density at radius 3 is 2.50 bits per heavy atom. The number of likely N-dealkylation sites (N-methyl/N-ethyl adjacent to an activating group) is 1. The summed E-state index contributed by atoms with van der Waals surface area (Å²) in [6.45, 7) is 6.31. The molecular weight excluding hydrogens is 436 g/mol. The van der Waals surface area contributed by atoms with Crippen LogP contribution in [-0.4, -0.2) is 40.1 Å². The van der Waals surface area contributed by atoms with Gasteiger partial charge in [0.2, 0.25) is 0 Å². The normalized spacial score (nSPS) is 11.5. The Morgan fingerprint density at radius 1 is 1.06 bits per heavy atom. The molecule has 0 aliphatic heterocycles. The molecule has 0 amide bonds. The van der Waals surface area contributed by atoms with Gasteiger partial charge in [0.25, 0.3) is 10.2 Å². The highest BCUT2D eigenvalue weighted by molar-refractivity contribution is 7.90. The predicted octanol–water partition coefficient (Wildman–Crippen LogP) is 4.47. The zero-order valence-corrected chi connectivity index (χ0v) is 19.1. The minimum absolute atomic E-state index is 0.00710. The van der Waals surface area contributed by atoms with Crippen LogP contribution in [0.1, 0.15) is 31.2 Å². The van der Waals surface area contributed by atoms with E-state index in [4.69, 9.17) is 4.74 Å². The molecule has 0 atom stereocenters. The fourth-order valence-electron chi connectivity index (χ4n) is 2.98. The molecule has 0 spiro atoms. The summed E-state index contributed by atoms with van der Waals surface area (Å²) in [5, 5.41) is 0. The number of anilines is 1. The summed E-state index contributed by atoms with van der Waals surface area (Å²) in [4.78, 5) is 2.24. The van der Waals surface area contributed by atoms with Crippen LogP contribution in [0.15, 0.2) is 55.1 Å². The molecule has 0 saturated carbocycles. The van der Waals surface area contributed by atoms with Crippen LogP contribution < -0.4 is 14.2 Å². The van der Waals surface area contributed by atoms with E-state index in [9.17, 15) is 17.2 Å². The van der Waals surface area contributed by atoms with E-state index in [-0.39, 0.29) is 6.54 Å². The summed E-state index contributed by atoms with van der Waals surface area (Å²) in [5.74, 6) is -0.892. The first-order valence-electron chi connectivity index (χ1n) is 10.5. The van der Waals surface area contributed by atoms with E-state index in [0.29, 0.717) is 17.9 Å². The van der Waals surface area contributed by atoms with E-state index in [1.54, 1.807) is 24.3 Å². The molecule has 0 saturated heterocycles. The van der Waals surface area contributed by atoms with Crippen molar-refractivity contribution in [2.24, 2.45) is 0 Å². The molecule has 6 nitrogen and oxygen atoms in total. The second-order valence-corrected chi connectivity index (χ2v) is 9.01. The van der Waals surface area contributed by atoms with Crippen LogP contribution in [-0.2, 0) is 16.8 Å². The van der Waals surface area contributed by atoms with E-state index < -0.39 is 27.5 Å². The summed E-state index contributed by atoms with van der Waals surface area (Å²) in [5.41, 5.74) is 0.246. The predicted molar refractivity (Wildman–Crippen MR) is 124 cm³/mol. The Labute approximate surface area is 189 Å². The van der Waals surface area contributed by atoms with Crippen molar-refractivity contribution in [3.8, 4) is 5.75 Å². The largest absolute Gasteiger partial charge is 0.494 e. The van der Waals surface area contributed by atoms with Gasteiger partial charge in [-0.05, 0) is 56.3 Å². The number of rotatable bonds is 15. The molecule has 0 aliphatic carbocycles. The first-order valence-corrected chi connectivity index (χ1v) is 12.0. The Balaban J connectivity index is 1.68. The van der Waals surface area contributed by atoms with Crippen molar-refractivity contribution in [3.63, 3.8) is 0 Å². The summed E-state index contributed by atoms with van der Waals surface area (Å²) < 4.78 is 61.0. The van der Waals surface area contributed by atoms with Crippen LogP contribution in [0.5, 0.6) is 5.75 Å². The lowest BCUT2D eigenvalue weighted by molar-refractivity contribution is 0.300. The van der Waals surface area contributed by atoms with Crippen molar-refractivity contribution in [1.29, 1.82) is 0 Å². The fraction of sp³-hybridized carbons (Fsp3) is 0.391. The SMILES string of the molecule is C=CCN(C)CCCCCCOc1ccc(CNS(=O)(=O)Nc2cc(F)ccc2F)cc1. The lowest BCUT2D eigenvalue weighted by Crippen LogP contribution is -2.30. The molecule has 2 N–H and O–H groups in total. The van der Waals surface area contributed by atoms with E-state index in [1.807, 2.05) is 10.8 Å². The number of nitrogens with one attached hydrogen (secondary N) is 2. The van der Waals surface area contributed by atoms with Crippen molar-refractivity contribution in [2.45, 2.75) is 32.2 Å². The molecule has 0 fully saturated rings. The van der Waals surface area contributed by atoms with Gasteiger partial charge >= 0.3 is 0 Å². The van der Waals surface area contributed by atoms with Gasteiger partial charge in [0.1, 0.15) is 17.4 Å². The van der Waals surface area contributed by atoms with Crippen LogP contribution in [0.4, 0.5) is 14.5 Å². The summed E-state index contributed by atoms with van der Waals surface area (Å²) in [6.07, 6.45) is 6.27. The smallest absolute Gasteiger partial charge is 0.299 e. The number of hydrogen-bond acceptors (Lipinski definition) is 4. The van der Waals surface area contributed by atoms with Crippen molar-refractivity contribution in [2.75, 3.05) is 31.5 Å². The second-order valence-electron chi connectivity index (χ2n) is 7.51. The highest BCUT2D eigenvalue weighted by Crippen LogP contribution is 2.17. The van der Waals surface area contributed by atoms with Crippen LogP contribution >= 0.6 is 0 Å². The van der Waals surface area contributed by atoms with Crippen molar-refractivity contribution in [3.05, 3.63) is 72.3 Å². The Hall–Kier alpha value is -2.49. The van der Waals surface area contributed by atoms with Gasteiger partial charge in [0.15, 0.2) is 0 Å². The Morgan fingerprint density at radius 2 is 1.78 bits per heavy atom. The number of ether oxygens (including phenoxy) is 1. The molecule has 0 aliphatic rings. The van der Waals surface area contributed by atoms with Crippen LogP contribution in [0, 0.1) is 11.6 Å². The van der Waals surface area contributed by atoms with Crippen molar-refractivity contribution in [1.82, 2.24) is 9.62 Å². The van der Waals surface area contributed by atoms with Crippen LogP contribution in [0.2, 0.25) is 0 Å². The Bertz CT molecular complexity index is 953. The third-order valence-corrected chi connectivity index (χ3v) is 5.72. The van der Waals surface area contributed by atoms with Gasteiger partial charge in [-0.3, -0.25) is 4.72 Å². The molecule has 0 unspecified atom stereocenters. The molecule has 0 bridgehead atoms. The standard InChI is InChI=1S/C23H31F2N3O3S/c1-3-14-28(2)15-6-4-5-7-16-31-21-11-8-19(9-12-21)18-26-32(29,30)27-23-17-20(24)10-13-22(23)25/h3,8-13,17,26-27H,1,4-7,14-16,18H2,2H3. The monoisotopic (exact) mass is 467 g/mol. The first kappa shape index (κ1) is 25.8. The number of halogens is 2. The zero-order chi connectivity index (χ0) is 23.4. The third kappa shape index (κ3) is 9.76. The maximum Gasteiger partial charge on any atom is 0.299 e. The van der Waals surface area contributed by atoms with Gasteiger partial charge in [-0.15, -0.1) is 6.58 Å². The summed E-state index contributed by atoms with van der Waals surface area (Å²) in [7, 11) is -1.98. The van der Waals surface area contributed by atoms with E-state index >= 15 is 0 Å². The van der Waals surface area contributed by atoms with Crippen LogP contribution in [0.3, 0.4) is 0 Å². The molecule has 2 aromatic rings. The molecule has 32 heavy (non-hydrogen) atoms. The van der Waals surface area contributed by atoms with E-state index in [0.717, 1.165) is 57.0 Å². The maximum absolute atomic E-state index is 13.6. The van der Waals surface area contributed by atoms with Gasteiger partial charge in [0, 0.05) is 19.2 Å². The minimum atomic E-state index is -4.06. The van der Waals surface area contributed by atoms with Crippen molar-refractivity contribution < 1.29 is 21.9 Å². The summed E-state index contributed by atoms with van der Waals surface area (Å²) in [6, 6.07) is 9.58. The van der Waals surface area contributed by atoms with Crippen molar-refractivity contribution >= 4 is 15.9 Å².